The minimum absolute atomic E-state index is 0.0244. The number of nitrogens with zero attached hydrogens (tertiary/aromatic N) is 3. The minimum atomic E-state index is 0.0244. The van der Waals surface area contributed by atoms with Crippen molar-refractivity contribution in [2.75, 3.05) is 25.0 Å². The monoisotopic (exact) mass is 249 g/mol. The summed E-state index contributed by atoms with van der Waals surface area (Å²) in [5.74, 6) is 0.933. The summed E-state index contributed by atoms with van der Waals surface area (Å²) in [5, 5.41) is 10.8. The smallest absolute Gasteiger partial charge is 0.224 e. The quantitative estimate of drug-likeness (QED) is 0.781. The average molecular weight is 249 g/mol. The van der Waals surface area contributed by atoms with Crippen LogP contribution >= 0.6 is 0 Å². The standard InChI is InChI=1S/C12H19N5O/c1-14-12(18)10-3-2-6-17(8-10)11-9(7-13)4-5-15-16-11/h4-5,10H,2-3,6-8,13H2,1H3,(H,14,18). The van der Waals surface area contributed by atoms with Gasteiger partial charge in [-0.1, -0.05) is 0 Å². The van der Waals surface area contributed by atoms with E-state index in [4.69, 9.17) is 5.73 Å². The molecule has 0 bridgehead atoms. The van der Waals surface area contributed by atoms with Gasteiger partial charge in [-0.3, -0.25) is 4.79 Å². The molecule has 2 rings (SSSR count). The van der Waals surface area contributed by atoms with E-state index < -0.39 is 0 Å². The molecule has 1 aromatic rings. The molecule has 0 aromatic carbocycles. The molecular weight excluding hydrogens is 230 g/mol. The second-order valence-electron chi connectivity index (χ2n) is 4.48. The van der Waals surface area contributed by atoms with E-state index in [0.29, 0.717) is 13.1 Å². The molecule has 3 N–H and O–H groups in total. The minimum Gasteiger partial charge on any atom is -0.359 e. The van der Waals surface area contributed by atoms with Gasteiger partial charge in [0.15, 0.2) is 5.82 Å². The Hall–Kier alpha value is -1.69. The Kier molecular flexibility index (Phi) is 4.09. The van der Waals surface area contributed by atoms with Crippen LogP contribution in [0.15, 0.2) is 12.3 Å². The van der Waals surface area contributed by atoms with Crippen LogP contribution in [0, 0.1) is 5.92 Å². The number of hydrogen-bond donors (Lipinski definition) is 2. The van der Waals surface area contributed by atoms with Crippen molar-refractivity contribution in [2.45, 2.75) is 19.4 Å². The van der Waals surface area contributed by atoms with Gasteiger partial charge in [0.05, 0.1) is 12.1 Å². The molecule has 1 amide bonds. The zero-order chi connectivity index (χ0) is 13.0. The number of piperidine rings is 1. The lowest BCUT2D eigenvalue weighted by molar-refractivity contribution is -0.124. The molecule has 1 aliphatic rings. The maximum Gasteiger partial charge on any atom is 0.224 e. The lowest BCUT2D eigenvalue weighted by Gasteiger charge is -2.33. The molecule has 0 saturated carbocycles. The van der Waals surface area contributed by atoms with E-state index in [1.165, 1.54) is 0 Å². The normalized spacial score (nSPS) is 19.7. The van der Waals surface area contributed by atoms with Gasteiger partial charge in [-0.15, -0.1) is 5.10 Å². The second kappa shape index (κ2) is 5.77. The van der Waals surface area contributed by atoms with Gasteiger partial charge >= 0.3 is 0 Å². The average Bonchev–Trinajstić information content (AvgIpc) is 2.46. The highest BCUT2D eigenvalue weighted by Crippen LogP contribution is 2.23. The van der Waals surface area contributed by atoms with Gasteiger partial charge in [0.2, 0.25) is 5.91 Å². The maximum absolute atomic E-state index is 11.7. The number of hydrogen-bond acceptors (Lipinski definition) is 5. The summed E-state index contributed by atoms with van der Waals surface area (Å²) in [6, 6.07) is 1.88. The van der Waals surface area contributed by atoms with Crippen molar-refractivity contribution in [1.82, 2.24) is 15.5 Å². The van der Waals surface area contributed by atoms with Gasteiger partial charge in [-0.05, 0) is 18.9 Å². The molecule has 1 saturated heterocycles. The first-order chi connectivity index (χ1) is 8.76. The third-order valence-electron chi connectivity index (χ3n) is 3.34. The highest BCUT2D eigenvalue weighted by Gasteiger charge is 2.26. The molecule has 6 heteroatoms. The van der Waals surface area contributed by atoms with E-state index in [1.807, 2.05) is 6.07 Å². The topological polar surface area (TPSA) is 84.1 Å². The molecule has 1 atom stereocenters. The summed E-state index contributed by atoms with van der Waals surface area (Å²) in [6.45, 7) is 2.02. The van der Waals surface area contributed by atoms with Crippen LogP contribution in [0.3, 0.4) is 0 Å². The molecule has 1 unspecified atom stereocenters. The van der Waals surface area contributed by atoms with Gasteiger partial charge in [0.1, 0.15) is 0 Å². The molecule has 18 heavy (non-hydrogen) atoms. The van der Waals surface area contributed by atoms with Gasteiger partial charge in [-0.25, -0.2) is 0 Å². The summed E-state index contributed by atoms with van der Waals surface area (Å²) in [7, 11) is 1.68. The van der Waals surface area contributed by atoms with E-state index in [0.717, 1.165) is 30.8 Å². The number of rotatable bonds is 3. The predicted molar refractivity (Wildman–Crippen MR) is 68.9 cm³/mol. The van der Waals surface area contributed by atoms with E-state index in [-0.39, 0.29) is 11.8 Å². The summed E-state index contributed by atoms with van der Waals surface area (Å²) in [4.78, 5) is 13.8. The van der Waals surface area contributed by atoms with Crippen LogP contribution < -0.4 is 16.0 Å². The lowest BCUT2D eigenvalue weighted by Crippen LogP contribution is -2.43. The molecule has 98 valence electrons. The summed E-state index contributed by atoms with van der Waals surface area (Å²) < 4.78 is 0. The van der Waals surface area contributed by atoms with E-state index in [1.54, 1.807) is 13.2 Å². The Morgan fingerprint density at radius 3 is 3.22 bits per heavy atom. The molecule has 0 aliphatic carbocycles. The van der Waals surface area contributed by atoms with Crippen LogP contribution in [-0.4, -0.2) is 36.2 Å². The number of nitrogens with one attached hydrogen (secondary N) is 1. The van der Waals surface area contributed by atoms with Crippen molar-refractivity contribution in [1.29, 1.82) is 0 Å². The fraction of sp³-hybridized carbons (Fsp3) is 0.583. The number of amides is 1. The highest BCUT2D eigenvalue weighted by atomic mass is 16.1. The molecule has 1 aliphatic heterocycles. The maximum atomic E-state index is 11.7. The van der Waals surface area contributed by atoms with Crippen molar-refractivity contribution in [3.63, 3.8) is 0 Å². The number of anilines is 1. The van der Waals surface area contributed by atoms with Gasteiger partial charge in [-0.2, -0.15) is 5.10 Å². The van der Waals surface area contributed by atoms with Crippen LogP contribution in [0.5, 0.6) is 0 Å². The number of carbonyl (C=O) groups excluding carboxylic acids is 1. The van der Waals surface area contributed by atoms with Crippen molar-refractivity contribution < 1.29 is 4.79 Å². The first-order valence-corrected chi connectivity index (χ1v) is 6.23. The number of aromatic nitrogens is 2. The van der Waals surface area contributed by atoms with Gasteiger partial charge < -0.3 is 16.0 Å². The van der Waals surface area contributed by atoms with E-state index in [2.05, 4.69) is 20.4 Å². The van der Waals surface area contributed by atoms with Crippen molar-refractivity contribution in [3.8, 4) is 0 Å². The van der Waals surface area contributed by atoms with Crippen LogP contribution in [0.25, 0.3) is 0 Å². The van der Waals surface area contributed by atoms with Crippen LogP contribution in [-0.2, 0) is 11.3 Å². The van der Waals surface area contributed by atoms with E-state index >= 15 is 0 Å². The molecule has 1 aromatic heterocycles. The van der Waals surface area contributed by atoms with Crippen molar-refractivity contribution >= 4 is 11.7 Å². The van der Waals surface area contributed by atoms with Crippen LogP contribution in [0.1, 0.15) is 18.4 Å². The molecule has 0 radical (unpaired) electrons. The molecule has 2 heterocycles. The highest BCUT2D eigenvalue weighted by molar-refractivity contribution is 5.79. The molecular formula is C12H19N5O. The Morgan fingerprint density at radius 1 is 1.67 bits per heavy atom. The third-order valence-corrected chi connectivity index (χ3v) is 3.34. The number of nitrogens with two attached hydrogens (primary N) is 1. The number of carbonyl (C=O) groups is 1. The second-order valence-corrected chi connectivity index (χ2v) is 4.48. The first kappa shape index (κ1) is 12.8. The zero-order valence-corrected chi connectivity index (χ0v) is 10.6. The summed E-state index contributed by atoms with van der Waals surface area (Å²) in [5.41, 5.74) is 6.68. The Labute approximate surface area is 107 Å². The van der Waals surface area contributed by atoms with Crippen molar-refractivity contribution in [3.05, 3.63) is 17.8 Å². The van der Waals surface area contributed by atoms with Crippen LogP contribution in [0.4, 0.5) is 5.82 Å². The first-order valence-electron chi connectivity index (χ1n) is 6.23. The Balaban J connectivity index is 2.15. The SMILES string of the molecule is CNC(=O)C1CCCN(c2nnccc2CN)C1. The van der Waals surface area contributed by atoms with Gasteiger partial charge in [0, 0.05) is 32.2 Å². The predicted octanol–water partition coefficient (Wildman–Crippen LogP) is -0.102. The van der Waals surface area contributed by atoms with Crippen molar-refractivity contribution in [2.24, 2.45) is 11.7 Å². The Bertz CT molecular complexity index is 423. The zero-order valence-electron chi connectivity index (χ0n) is 10.6. The summed E-state index contributed by atoms with van der Waals surface area (Å²) in [6.07, 6.45) is 3.55. The third kappa shape index (κ3) is 2.59. The summed E-state index contributed by atoms with van der Waals surface area (Å²) >= 11 is 0. The largest absolute Gasteiger partial charge is 0.359 e. The van der Waals surface area contributed by atoms with Gasteiger partial charge in [0.25, 0.3) is 0 Å². The fourth-order valence-corrected chi connectivity index (χ4v) is 2.36. The molecule has 1 fully saturated rings. The molecule has 0 spiro atoms. The molecule has 6 nitrogen and oxygen atoms in total. The lowest BCUT2D eigenvalue weighted by atomic mass is 9.97. The van der Waals surface area contributed by atoms with Crippen LogP contribution in [0.2, 0.25) is 0 Å². The Morgan fingerprint density at radius 2 is 2.50 bits per heavy atom. The fourth-order valence-electron chi connectivity index (χ4n) is 2.36. The van der Waals surface area contributed by atoms with E-state index in [9.17, 15) is 4.79 Å².